The van der Waals surface area contributed by atoms with E-state index in [-0.39, 0.29) is 0 Å². The fraction of sp³-hybridized carbons (Fsp3) is 0.692. The molecule has 0 saturated heterocycles. The van der Waals surface area contributed by atoms with Gasteiger partial charge in [-0.15, -0.1) is 0 Å². The Morgan fingerprint density at radius 2 is 2.06 bits per heavy atom. The topological polar surface area (TPSA) is 33.4 Å². The second-order valence-electron chi connectivity index (χ2n) is 5.11. The van der Waals surface area contributed by atoms with Gasteiger partial charge in [-0.25, -0.2) is 0 Å². The van der Waals surface area contributed by atoms with Gasteiger partial charge in [-0.2, -0.15) is 0 Å². The third-order valence-corrected chi connectivity index (χ3v) is 4.40. The molecular weight excluding hydrogens is 268 g/mol. The van der Waals surface area contributed by atoms with E-state index in [0.717, 1.165) is 18.8 Å². The van der Waals surface area contributed by atoms with Crippen LogP contribution in [-0.2, 0) is 0 Å². The summed E-state index contributed by atoms with van der Waals surface area (Å²) in [5.41, 5.74) is 0. The lowest BCUT2D eigenvalue weighted by Crippen LogP contribution is -2.25. The molecule has 0 amide bonds. The summed E-state index contributed by atoms with van der Waals surface area (Å²) >= 11 is 3.27. The molecule has 1 aliphatic rings. The van der Waals surface area contributed by atoms with Crippen LogP contribution < -0.4 is 0 Å². The summed E-state index contributed by atoms with van der Waals surface area (Å²) in [4.78, 5) is 0. The van der Waals surface area contributed by atoms with Crippen LogP contribution in [0, 0.1) is 17.8 Å². The highest BCUT2D eigenvalue weighted by atomic mass is 79.9. The Hall–Kier alpha value is -0.280. The molecule has 3 heteroatoms. The Morgan fingerprint density at radius 1 is 1.31 bits per heavy atom. The van der Waals surface area contributed by atoms with Crippen molar-refractivity contribution in [2.45, 2.75) is 39.2 Å². The molecule has 0 aliphatic heterocycles. The van der Waals surface area contributed by atoms with Crippen molar-refractivity contribution >= 4 is 15.9 Å². The van der Waals surface area contributed by atoms with Crippen LogP contribution in [0.1, 0.15) is 45.0 Å². The van der Waals surface area contributed by atoms with Crippen molar-refractivity contribution < 1.29 is 9.52 Å². The van der Waals surface area contributed by atoms with Crippen molar-refractivity contribution in [2.75, 3.05) is 0 Å². The van der Waals surface area contributed by atoms with Gasteiger partial charge in [0.25, 0.3) is 0 Å². The van der Waals surface area contributed by atoms with Crippen LogP contribution in [0.15, 0.2) is 21.2 Å². The van der Waals surface area contributed by atoms with Gasteiger partial charge in [-0.3, -0.25) is 0 Å². The van der Waals surface area contributed by atoms with Gasteiger partial charge in [0, 0.05) is 0 Å². The lowest BCUT2D eigenvalue weighted by atomic mass is 9.73. The van der Waals surface area contributed by atoms with Gasteiger partial charge >= 0.3 is 0 Å². The van der Waals surface area contributed by atoms with Crippen LogP contribution in [0.25, 0.3) is 0 Å². The molecule has 1 aliphatic carbocycles. The maximum Gasteiger partial charge on any atom is 0.169 e. The van der Waals surface area contributed by atoms with E-state index in [1.165, 1.54) is 6.42 Å². The molecule has 16 heavy (non-hydrogen) atoms. The average Bonchev–Trinajstić information content (AvgIpc) is 2.68. The molecule has 0 spiro atoms. The average molecular weight is 287 g/mol. The van der Waals surface area contributed by atoms with Crippen molar-refractivity contribution in [3.63, 3.8) is 0 Å². The molecule has 90 valence electrons. The predicted molar refractivity (Wildman–Crippen MR) is 67.0 cm³/mol. The molecule has 4 atom stereocenters. The molecule has 2 nitrogen and oxygen atoms in total. The Morgan fingerprint density at radius 3 is 2.62 bits per heavy atom. The summed E-state index contributed by atoms with van der Waals surface area (Å²) in [5.74, 6) is 2.53. The number of aliphatic hydroxyl groups is 1. The van der Waals surface area contributed by atoms with E-state index in [4.69, 9.17) is 4.42 Å². The van der Waals surface area contributed by atoms with Crippen LogP contribution in [-0.4, -0.2) is 5.11 Å². The minimum Gasteiger partial charge on any atom is -0.452 e. The minimum atomic E-state index is -0.443. The normalized spacial score (nSPS) is 32.6. The van der Waals surface area contributed by atoms with Crippen LogP contribution in [0.5, 0.6) is 0 Å². The summed E-state index contributed by atoms with van der Waals surface area (Å²) in [5, 5.41) is 10.2. The van der Waals surface area contributed by atoms with Crippen LogP contribution >= 0.6 is 15.9 Å². The van der Waals surface area contributed by atoms with E-state index in [1.54, 1.807) is 0 Å². The second kappa shape index (κ2) is 4.92. The molecule has 0 bridgehead atoms. The fourth-order valence-electron chi connectivity index (χ4n) is 2.60. The molecule has 1 aromatic rings. The summed E-state index contributed by atoms with van der Waals surface area (Å²) < 4.78 is 6.12. The highest BCUT2D eigenvalue weighted by molar-refractivity contribution is 9.10. The number of hydrogen-bond donors (Lipinski definition) is 1. The van der Waals surface area contributed by atoms with Crippen molar-refractivity contribution in [3.05, 3.63) is 22.6 Å². The van der Waals surface area contributed by atoms with E-state index in [2.05, 4.69) is 29.8 Å². The Kier molecular flexibility index (Phi) is 3.75. The summed E-state index contributed by atoms with van der Waals surface area (Å²) in [6.07, 6.45) is 2.97. The van der Waals surface area contributed by atoms with Gasteiger partial charge < -0.3 is 9.52 Å². The number of rotatable bonds is 2. The lowest BCUT2D eigenvalue weighted by molar-refractivity contribution is 0.0401. The SMILES string of the molecule is CC1CCC(C(O)c2ccc(Br)o2)CC1C. The summed E-state index contributed by atoms with van der Waals surface area (Å²) in [7, 11) is 0. The molecule has 1 aromatic heterocycles. The van der Waals surface area contributed by atoms with Gasteiger partial charge in [-0.1, -0.05) is 20.3 Å². The Balaban J connectivity index is 2.02. The van der Waals surface area contributed by atoms with E-state index in [1.807, 2.05) is 12.1 Å². The second-order valence-corrected chi connectivity index (χ2v) is 5.90. The fourth-order valence-corrected chi connectivity index (χ4v) is 2.91. The Bertz CT molecular complexity index is 347. The standard InChI is InChI=1S/C13H19BrO2/c1-8-3-4-10(7-9(8)2)13(15)11-5-6-12(14)16-11/h5-6,8-10,13,15H,3-4,7H2,1-2H3. The van der Waals surface area contributed by atoms with Crippen molar-refractivity contribution in [1.29, 1.82) is 0 Å². The van der Waals surface area contributed by atoms with Gasteiger partial charge in [0.2, 0.25) is 0 Å². The first-order valence-electron chi connectivity index (χ1n) is 6.01. The van der Waals surface area contributed by atoms with Crippen LogP contribution in [0.3, 0.4) is 0 Å². The van der Waals surface area contributed by atoms with Gasteiger partial charge in [0.15, 0.2) is 4.67 Å². The first-order chi connectivity index (χ1) is 7.58. The molecule has 1 N–H and O–H groups in total. The van der Waals surface area contributed by atoms with E-state index in [9.17, 15) is 5.11 Å². The zero-order valence-electron chi connectivity index (χ0n) is 9.82. The smallest absolute Gasteiger partial charge is 0.169 e. The highest BCUT2D eigenvalue weighted by Gasteiger charge is 2.31. The van der Waals surface area contributed by atoms with Crippen molar-refractivity contribution in [2.24, 2.45) is 17.8 Å². The van der Waals surface area contributed by atoms with E-state index in [0.29, 0.717) is 22.3 Å². The largest absolute Gasteiger partial charge is 0.452 e. The number of halogens is 1. The number of aliphatic hydroxyl groups excluding tert-OH is 1. The molecule has 2 rings (SSSR count). The van der Waals surface area contributed by atoms with Crippen molar-refractivity contribution in [3.8, 4) is 0 Å². The first-order valence-corrected chi connectivity index (χ1v) is 6.80. The molecule has 1 saturated carbocycles. The van der Waals surface area contributed by atoms with Crippen LogP contribution in [0.2, 0.25) is 0 Å². The summed E-state index contributed by atoms with van der Waals surface area (Å²) in [6, 6.07) is 3.70. The Labute approximate surface area is 105 Å². The quantitative estimate of drug-likeness (QED) is 0.886. The molecule has 0 aromatic carbocycles. The van der Waals surface area contributed by atoms with E-state index >= 15 is 0 Å². The monoisotopic (exact) mass is 286 g/mol. The number of hydrogen-bond acceptors (Lipinski definition) is 2. The van der Waals surface area contributed by atoms with Crippen LogP contribution in [0.4, 0.5) is 0 Å². The molecule has 4 unspecified atom stereocenters. The van der Waals surface area contributed by atoms with Gasteiger partial charge in [0.05, 0.1) is 0 Å². The molecule has 1 heterocycles. The maximum absolute atomic E-state index is 10.2. The van der Waals surface area contributed by atoms with Gasteiger partial charge in [-0.05, 0) is 58.7 Å². The lowest BCUT2D eigenvalue weighted by Gasteiger charge is -2.33. The van der Waals surface area contributed by atoms with E-state index < -0.39 is 6.10 Å². The third-order valence-electron chi connectivity index (χ3n) is 3.97. The zero-order valence-corrected chi connectivity index (χ0v) is 11.4. The number of furan rings is 1. The van der Waals surface area contributed by atoms with Crippen molar-refractivity contribution in [1.82, 2.24) is 0 Å². The van der Waals surface area contributed by atoms with Gasteiger partial charge in [0.1, 0.15) is 11.9 Å². The highest BCUT2D eigenvalue weighted by Crippen LogP contribution is 2.40. The molecular formula is C13H19BrO2. The molecule has 0 radical (unpaired) electrons. The first kappa shape index (κ1) is 12.2. The maximum atomic E-state index is 10.2. The molecule has 1 fully saturated rings. The minimum absolute atomic E-state index is 0.351. The zero-order chi connectivity index (χ0) is 11.7. The predicted octanol–water partition coefficient (Wildman–Crippen LogP) is 4.15. The third kappa shape index (κ3) is 2.51. The summed E-state index contributed by atoms with van der Waals surface area (Å²) in [6.45, 7) is 4.58.